The van der Waals surface area contributed by atoms with Crippen LogP contribution >= 0.6 is 0 Å². The number of carboxylic acid groups (broad SMARTS) is 1. The SMILES string of the molecule is O=C(O)[C@@]12CCC[C@H]1CN(S(=O)(=O)c1ccc(F)cc1F)C2. The Kier molecular flexibility index (Phi) is 3.48. The first kappa shape index (κ1) is 15.4. The van der Waals surface area contributed by atoms with Gasteiger partial charge in [-0.05, 0) is 30.9 Å². The van der Waals surface area contributed by atoms with E-state index in [4.69, 9.17) is 0 Å². The second-order valence-electron chi connectivity index (χ2n) is 5.92. The largest absolute Gasteiger partial charge is 0.481 e. The third-order valence-corrected chi connectivity index (χ3v) is 6.62. The molecule has 1 N–H and O–H groups in total. The number of rotatable bonds is 3. The van der Waals surface area contributed by atoms with E-state index in [0.717, 1.165) is 22.9 Å². The molecule has 1 aliphatic carbocycles. The van der Waals surface area contributed by atoms with Gasteiger partial charge in [-0.3, -0.25) is 4.79 Å². The second-order valence-corrected chi connectivity index (χ2v) is 7.83. The minimum atomic E-state index is -4.17. The zero-order valence-corrected chi connectivity index (χ0v) is 12.4. The van der Waals surface area contributed by atoms with Crippen LogP contribution in [0, 0.1) is 23.0 Å². The highest BCUT2D eigenvalue weighted by Gasteiger charge is 2.57. The van der Waals surface area contributed by atoms with Crippen molar-refractivity contribution >= 4 is 16.0 Å². The molecule has 0 radical (unpaired) electrons. The number of benzene rings is 1. The zero-order valence-electron chi connectivity index (χ0n) is 11.6. The van der Waals surface area contributed by atoms with Crippen molar-refractivity contribution in [3.63, 3.8) is 0 Å². The molecule has 2 aliphatic rings. The van der Waals surface area contributed by atoms with Crippen molar-refractivity contribution < 1.29 is 27.1 Å². The molecular weight excluding hydrogens is 316 g/mol. The lowest BCUT2D eigenvalue weighted by Gasteiger charge is -2.23. The molecule has 0 bridgehead atoms. The number of carboxylic acids is 1. The van der Waals surface area contributed by atoms with Crippen LogP contribution in [-0.2, 0) is 14.8 Å². The van der Waals surface area contributed by atoms with Gasteiger partial charge in [0.05, 0.1) is 5.41 Å². The van der Waals surface area contributed by atoms with Crippen LogP contribution in [0.15, 0.2) is 23.1 Å². The average Bonchev–Trinajstić information content (AvgIpc) is 2.95. The molecule has 8 heteroatoms. The van der Waals surface area contributed by atoms with Gasteiger partial charge < -0.3 is 5.11 Å². The first-order chi connectivity index (χ1) is 10.3. The van der Waals surface area contributed by atoms with Gasteiger partial charge in [0.1, 0.15) is 16.5 Å². The Bertz CT molecular complexity index is 736. The van der Waals surface area contributed by atoms with Crippen LogP contribution in [0.1, 0.15) is 19.3 Å². The summed E-state index contributed by atoms with van der Waals surface area (Å²) in [5.74, 6) is -3.30. The highest BCUT2D eigenvalue weighted by atomic mass is 32.2. The van der Waals surface area contributed by atoms with E-state index < -0.39 is 37.9 Å². The Balaban J connectivity index is 1.96. The Labute approximate surface area is 126 Å². The molecule has 0 aromatic heterocycles. The zero-order chi connectivity index (χ0) is 16.1. The summed E-state index contributed by atoms with van der Waals surface area (Å²) in [4.78, 5) is 11.0. The number of sulfonamides is 1. The fourth-order valence-electron chi connectivity index (χ4n) is 3.60. The first-order valence-electron chi connectivity index (χ1n) is 6.96. The van der Waals surface area contributed by atoms with Gasteiger partial charge in [0, 0.05) is 19.2 Å². The quantitative estimate of drug-likeness (QED) is 0.917. The van der Waals surface area contributed by atoms with E-state index in [-0.39, 0.29) is 19.0 Å². The predicted molar refractivity (Wildman–Crippen MR) is 72.5 cm³/mol. The molecule has 2 atom stereocenters. The van der Waals surface area contributed by atoms with Gasteiger partial charge in [-0.25, -0.2) is 17.2 Å². The highest BCUT2D eigenvalue weighted by molar-refractivity contribution is 7.89. The summed E-state index contributed by atoms with van der Waals surface area (Å²) in [6.45, 7) is -0.0996. The molecule has 5 nitrogen and oxygen atoms in total. The molecule has 2 fully saturated rings. The fourth-order valence-corrected chi connectivity index (χ4v) is 5.20. The maximum absolute atomic E-state index is 13.8. The van der Waals surface area contributed by atoms with E-state index in [1.807, 2.05) is 0 Å². The van der Waals surface area contributed by atoms with E-state index in [1.54, 1.807) is 0 Å². The van der Waals surface area contributed by atoms with Crippen molar-refractivity contribution in [2.75, 3.05) is 13.1 Å². The van der Waals surface area contributed by atoms with Crippen LogP contribution in [0.3, 0.4) is 0 Å². The third kappa shape index (κ3) is 2.13. The van der Waals surface area contributed by atoms with E-state index >= 15 is 0 Å². The number of carbonyl (C=O) groups is 1. The fraction of sp³-hybridized carbons (Fsp3) is 0.500. The third-order valence-electron chi connectivity index (χ3n) is 4.78. The van der Waals surface area contributed by atoms with Crippen LogP contribution < -0.4 is 0 Å². The summed E-state index contributed by atoms with van der Waals surface area (Å²) in [7, 11) is -4.17. The molecule has 1 aliphatic heterocycles. The summed E-state index contributed by atoms with van der Waals surface area (Å²) in [5.41, 5.74) is -1.08. The molecule has 1 aromatic carbocycles. The molecule has 0 amide bonds. The van der Waals surface area contributed by atoms with Gasteiger partial charge in [0.2, 0.25) is 10.0 Å². The predicted octanol–water partition coefficient (Wildman–Crippen LogP) is 1.84. The lowest BCUT2D eigenvalue weighted by molar-refractivity contribution is -0.149. The molecular formula is C14H15F2NO4S. The van der Waals surface area contributed by atoms with Crippen LogP contribution in [0.5, 0.6) is 0 Å². The maximum atomic E-state index is 13.8. The van der Waals surface area contributed by atoms with E-state index in [9.17, 15) is 27.1 Å². The average molecular weight is 331 g/mol. The summed E-state index contributed by atoms with van der Waals surface area (Å²) in [5, 5.41) is 9.47. The molecule has 3 rings (SSSR count). The topological polar surface area (TPSA) is 74.7 Å². The Morgan fingerprint density at radius 1 is 1.36 bits per heavy atom. The number of hydrogen-bond acceptors (Lipinski definition) is 3. The standard InChI is InChI=1S/C14H15F2NO4S/c15-10-3-4-12(11(16)6-10)22(20,21)17-7-9-2-1-5-14(9,8-17)13(18)19/h3-4,6,9H,1-2,5,7-8H2,(H,18,19)/t9-,14+/m0/s1. The summed E-state index contributed by atoms with van der Waals surface area (Å²) in [6.07, 6.45) is 1.81. The number of fused-ring (bicyclic) bond motifs is 1. The van der Waals surface area contributed by atoms with Gasteiger partial charge in [-0.2, -0.15) is 4.31 Å². The minimum absolute atomic E-state index is 0.0610. The minimum Gasteiger partial charge on any atom is -0.481 e. The first-order valence-corrected chi connectivity index (χ1v) is 8.40. The van der Waals surface area contributed by atoms with Crippen molar-refractivity contribution in [3.05, 3.63) is 29.8 Å². The monoisotopic (exact) mass is 331 g/mol. The number of aliphatic carboxylic acids is 1. The smallest absolute Gasteiger partial charge is 0.311 e. The van der Waals surface area contributed by atoms with Crippen LogP contribution in [-0.4, -0.2) is 36.9 Å². The van der Waals surface area contributed by atoms with Gasteiger partial charge in [-0.15, -0.1) is 0 Å². The second kappa shape index (κ2) is 4.99. The van der Waals surface area contributed by atoms with Crippen LogP contribution in [0.25, 0.3) is 0 Å². The summed E-state index contributed by atoms with van der Waals surface area (Å²) >= 11 is 0. The Morgan fingerprint density at radius 3 is 2.68 bits per heavy atom. The van der Waals surface area contributed by atoms with Crippen LogP contribution in [0.4, 0.5) is 8.78 Å². The van der Waals surface area contributed by atoms with Gasteiger partial charge >= 0.3 is 5.97 Å². The van der Waals surface area contributed by atoms with Crippen molar-refractivity contribution in [2.24, 2.45) is 11.3 Å². The number of nitrogens with zero attached hydrogens (tertiary/aromatic N) is 1. The molecule has 1 saturated carbocycles. The highest BCUT2D eigenvalue weighted by Crippen LogP contribution is 2.50. The van der Waals surface area contributed by atoms with Crippen molar-refractivity contribution in [2.45, 2.75) is 24.2 Å². The number of hydrogen-bond donors (Lipinski definition) is 1. The van der Waals surface area contributed by atoms with E-state index in [2.05, 4.69) is 0 Å². The Hall–Kier alpha value is -1.54. The lowest BCUT2D eigenvalue weighted by atomic mass is 9.81. The van der Waals surface area contributed by atoms with E-state index in [1.165, 1.54) is 0 Å². The molecule has 22 heavy (non-hydrogen) atoms. The van der Waals surface area contributed by atoms with Crippen molar-refractivity contribution in [3.8, 4) is 0 Å². The Morgan fingerprint density at radius 2 is 2.09 bits per heavy atom. The molecule has 1 saturated heterocycles. The molecule has 120 valence electrons. The van der Waals surface area contributed by atoms with Crippen LogP contribution in [0.2, 0.25) is 0 Å². The van der Waals surface area contributed by atoms with Gasteiger partial charge in [0.15, 0.2) is 0 Å². The maximum Gasteiger partial charge on any atom is 0.311 e. The van der Waals surface area contributed by atoms with Crippen molar-refractivity contribution in [1.82, 2.24) is 4.31 Å². The summed E-state index contributed by atoms with van der Waals surface area (Å²) < 4.78 is 52.8. The lowest BCUT2D eigenvalue weighted by Crippen LogP contribution is -2.37. The van der Waals surface area contributed by atoms with E-state index in [0.29, 0.717) is 18.9 Å². The normalized spacial score (nSPS) is 28.7. The van der Waals surface area contributed by atoms with Crippen molar-refractivity contribution in [1.29, 1.82) is 0 Å². The van der Waals surface area contributed by atoms with Gasteiger partial charge in [-0.1, -0.05) is 6.42 Å². The molecule has 1 heterocycles. The summed E-state index contributed by atoms with van der Waals surface area (Å²) in [6, 6.07) is 2.26. The molecule has 0 unspecified atom stereocenters. The van der Waals surface area contributed by atoms with Gasteiger partial charge in [0.25, 0.3) is 0 Å². The molecule has 1 aromatic rings. The number of halogens is 2. The molecule has 0 spiro atoms.